The maximum atomic E-state index is 12.0. The first kappa shape index (κ1) is 17.8. The van der Waals surface area contributed by atoms with E-state index in [-0.39, 0.29) is 6.42 Å². The average Bonchev–Trinajstić information content (AvgIpc) is 3.36. The molecule has 4 aromatic heterocycles. The van der Waals surface area contributed by atoms with Crippen LogP contribution >= 0.6 is 0 Å². The highest BCUT2D eigenvalue weighted by Gasteiger charge is 2.27. The fourth-order valence-electron chi connectivity index (χ4n) is 3.18. The third-order valence-corrected chi connectivity index (χ3v) is 4.54. The van der Waals surface area contributed by atoms with E-state index in [0.29, 0.717) is 11.5 Å². The number of hydrogen-bond acceptors (Lipinski definition) is 6. The van der Waals surface area contributed by atoms with Crippen molar-refractivity contribution in [1.29, 1.82) is 0 Å². The van der Waals surface area contributed by atoms with Crippen LogP contribution in [0.1, 0.15) is 36.5 Å². The summed E-state index contributed by atoms with van der Waals surface area (Å²) in [6.07, 6.45) is 10.2. The number of aromatic amines is 1. The lowest BCUT2D eigenvalue weighted by atomic mass is 10.0. The van der Waals surface area contributed by atoms with Crippen LogP contribution in [0.3, 0.4) is 0 Å². The van der Waals surface area contributed by atoms with Gasteiger partial charge in [-0.2, -0.15) is 0 Å². The summed E-state index contributed by atoms with van der Waals surface area (Å²) in [6, 6.07) is 3.74. The molecule has 1 unspecified atom stereocenters. The van der Waals surface area contributed by atoms with Crippen LogP contribution in [-0.4, -0.2) is 45.6 Å². The number of aromatic nitrogens is 7. The molecule has 1 atom stereocenters. The molecule has 0 aliphatic heterocycles. The fraction of sp³-hybridized carbons (Fsp3) is 0.263. The number of carboxylic acid groups (broad SMARTS) is 1. The largest absolute Gasteiger partial charge is 0.481 e. The monoisotopic (exact) mass is 377 g/mol. The number of carbonyl (C=O) groups is 1. The lowest BCUT2D eigenvalue weighted by Gasteiger charge is -2.12. The number of rotatable bonds is 7. The van der Waals surface area contributed by atoms with E-state index in [9.17, 15) is 9.90 Å². The second kappa shape index (κ2) is 7.55. The van der Waals surface area contributed by atoms with Gasteiger partial charge in [0.05, 0.1) is 17.7 Å². The predicted octanol–water partition coefficient (Wildman–Crippen LogP) is 2.27. The summed E-state index contributed by atoms with van der Waals surface area (Å²) in [5.74, 6) is -1.46. The number of nitrogens with one attached hydrogen (secondary N) is 1. The van der Waals surface area contributed by atoms with Crippen LogP contribution in [-0.2, 0) is 17.6 Å². The smallest absolute Gasteiger partial charge is 0.314 e. The predicted molar refractivity (Wildman–Crippen MR) is 101 cm³/mol. The van der Waals surface area contributed by atoms with E-state index in [4.69, 9.17) is 4.98 Å². The van der Waals surface area contributed by atoms with Crippen molar-refractivity contribution in [2.75, 3.05) is 0 Å². The van der Waals surface area contributed by atoms with Gasteiger partial charge in [-0.15, -0.1) is 10.2 Å². The molecule has 0 saturated carbocycles. The molecule has 9 heteroatoms. The van der Waals surface area contributed by atoms with Crippen LogP contribution in [0.5, 0.6) is 0 Å². The zero-order valence-corrected chi connectivity index (χ0v) is 15.3. The Morgan fingerprint density at radius 2 is 2.07 bits per heavy atom. The quantitative estimate of drug-likeness (QED) is 0.506. The highest BCUT2D eigenvalue weighted by molar-refractivity contribution is 5.76. The second-order valence-corrected chi connectivity index (χ2v) is 6.48. The number of carboxylic acids is 1. The molecule has 0 bridgehead atoms. The van der Waals surface area contributed by atoms with Crippen molar-refractivity contribution in [3.8, 4) is 11.3 Å². The van der Waals surface area contributed by atoms with Crippen molar-refractivity contribution in [1.82, 2.24) is 34.5 Å². The molecule has 0 fully saturated rings. The first-order chi connectivity index (χ1) is 13.7. The lowest BCUT2D eigenvalue weighted by molar-refractivity contribution is -0.139. The summed E-state index contributed by atoms with van der Waals surface area (Å²) in [5.41, 5.74) is 3.73. The molecule has 4 rings (SSSR count). The number of hydrogen-bond donors (Lipinski definition) is 2. The molecule has 0 aromatic carbocycles. The summed E-state index contributed by atoms with van der Waals surface area (Å²) in [6.45, 7) is 2.06. The van der Waals surface area contributed by atoms with Crippen LogP contribution in [0, 0.1) is 0 Å². The normalized spacial score (nSPS) is 12.3. The summed E-state index contributed by atoms with van der Waals surface area (Å²) < 4.78 is 1.75. The topological polar surface area (TPSA) is 122 Å². The standard InChI is InChI=1S/C19H19N7O2/c1-2-3-15-18-25-24-17(14(19(27)28)8-13-9-21-11-22-13)26(18)10-16(23-15)12-4-6-20-7-5-12/h4-7,9-11,14H,2-3,8H2,1H3,(H,21,22)(H,27,28). The van der Waals surface area contributed by atoms with E-state index in [0.717, 1.165) is 35.5 Å². The highest BCUT2D eigenvalue weighted by Crippen LogP contribution is 2.24. The Labute approximate surface area is 160 Å². The maximum absolute atomic E-state index is 12.0. The zero-order chi connectivity index (χ0) is 19.5. The first-order valence-corrected chi connectivity index (χ1v) is 9.02. The molecule has 0 saturated heterocycles. The van der Waals surface area contributed by atoms with E-state index in [1.807, 2.05) is 12.1 Å². The number of H-pyrrole nitrogens is 1. The van der Waals surface area contributed by atoms with Gasteiger partial charge in [0.2, 0.25) is 0 Å². The van der Waals surface area contributed by atoms with Gasteiger partial charge in [-0.3, -0.25) is 14.2 Å². The third-order valence-electron chi connectivity index (χ3n) is 4.54. The van der Waals surface area contributed by atoms with Crippen molar-refractivity contribution in [3.63, 3.8) is 0 Å². The van der Waals surface area contributed by atoms with Gasteiger partial charge in [0.1, 0.15) is 5.92 Å². The van der Waals surface area contributed by atoms with Crippen molar-refractivity contribution in [2.45, 2.75) is 32.1 Å². The molecule has 0 amide bonds. The number of imidazole rings is 1. The van der Waals surface area contributed by atoms with E-state index >= 15 is 0 Å². The maximum Gasteiger partial charge on any atom is 0.314 e. The van der Waals surface area contributed by atoms with Gasteiger partial charge in [-0.05, 0) is 18.6 Å². The molecule has 2 N–H and O–H groups in total. The van der Waals surface area contributed by atoms with Crippen molar-refractivity contribution < 1.29 is 9.90 Å². The molecule has 142 valence electrons. The van der Waals surface area contributed by atoms with Crippen LogP contribution in [0.15, 0.2) is 43.2 Å². The van der Waals surface area contributed by atoms with Gasteiger partial charge in [0, 0.05) is 42.5 Å². The summed E-state index contributed by atoms with van der Waals surface area (Å²) in [4.78, 5) is 27.7. The van der Waals surface area contributed by atoms with E-state index < -0.39 is 11.9 Å². The van der Waals surface area contributed by atoms with Crippen molar-refractivity contribution >= 4 is 11.6 Å². The van der Waals surface area contributed by atoms with Crippen LogP contribution in [0.25, 0.3) is 16.9 Å². The Morgan fingerprint density at radius 1 is 1.25 bits per heavy atom. The molecular weight excluding hydrogens is 358 g/mol. The summed E-state index contributed by atoms with van der Waals surface area (Å²) >= 11 is 0. The highest BCUT2D eigenvalue weighted by atomic mass is 16.4. The minimum Gasteiger partial charge on any atom is -0.481 e. The van der Waals surface area contributed by atoms with E-state index in [1.165, 1.54) is 6.33 Å². The molecular formula is C19H19N7O2. The number of nitrogens with zero attached hydrogens (tertiary/aromatic N) is 6. The first-order valence-electron chi connectivity index (χ1n) is 9.02. The fourth-order valence-corrected chi connectivity index (χ4v) is 3.18. The Balaban J connectivity index is 1.86. The Kier molecular flexibility index (Phi) is 4.79. The number of pyridine rings is 1. The van der Waals surface area contributed by atoms with Gasteiger partial charge in [-0.1, -0.05) is 13.3 Å². The minimum atomic E-state index is -0.969. The number of fused-ring (bicyclic) bond motifs is 1. The molecule has 28 heavy (non-hydrogen) atoms. The second-order valence-electron chi connectivity index (χ2n) is 6.48. The van der Waals surface area contributed by atoms with Gasteiger partial charge >= 0.3 is 5.97 Å². The molecule has 0 radical (unpaired) electrons. The Morgan fingerprint density at radius 3 is 2.75 bits per heavy atom. The van der Waals surface area contributed by atoms with Gasteiger partial charge in [0.15, 0.2) is 11.5 Å². The molecule has 4 aromatic rings. The molecule has 0 aliphatic rings. The molecule has 0 aliphatic carbocycles. The van der Waals surface area contributed by atoms with Crippen LogP contribution < -0.4 is 0 Å². The van der Waals surface area contributed by atoms with Crippen molar-refractivity contribution in [2.24, 2.45) is 0 Å². The van der Waals surface area contributed by atoms with Gasteiger partial charge < -0.3 is 10.1 Å². The minimum absolute atomic E-state index is 0.242. The van der Waals surface area contributed by atoms with Gasteiger partial charge in [0.25, 0.3) is 0 Å². The average molecular weight is 377 g/mol. The summed E-state index contributed by atoms with van der Waals surface area (Å²) in [7, 11) is 0. The molecule has 9 nitrogen and oxygen atoms in total. The van der Waals surface area contributed by atoms with Crippen LogP contribution in [0.4, 0.5) is 0 Å². The zero-order valence-electron chi connectivity index (χ0n) is 15.3. The third kappa shape index (κ3) is 3.34. The lowest BCUT2D eigenvalue weighted by Crippen LogP contribution is -2.18. The summed E-state index contributed by atoms with van der Waals surface area (Å²) in [5, 5.41) is 18.3. The Hall–Kier alpha value is -3.62. The number of aryl methyl sites for hydroxylation is 1. The molecule has 4 heterocycles. The Bertz CT molecular complexity index is 1090. The molecule has 0 spiro atoms. The SMILES string of the molecule is CCCc1nc(-c2ccncc2)cn2c(C(Cc3cnc[nH]3)C(=O)O)nnc12. The van der Waals surface area contributed by atoms with Crippen molar-refractivity contribution in [3.05, 3.63) is 60.5 Å². The number of aliphatic carboxylic acids is 1. The van der Waals surface area contributed by atoms with E-state index in [1.54, 1.807) is 29.2 Å². The van der Waals surface area contributed by atoms with Crippen LogP contribution in [0.2, 0.25) is 0 Å². The van der Waals surface area contributed by atoms with Gasteiger partial charge in [-0.25, -0.2) is 9.97 Å². The van der Waals surface area contributed by atoms with E-state index in [2.05, 4.69) is 32.1 Å².